The molecular weight excluding hydrogens is 340 g/mol. The van der Waals surface area contributed by atoms with Gasteiger partial charge in [-0.25, -0.2) is 4.99 Å². The monoisotopic (exact) mass is 372 g/mol. The average molecular weight is 373 g/mol. The maximum atomic E-state index is 5.70. The number of aliphatic imine (C=N–C) groups is 1. The van der Waals surface area contributed by atoms with E-state index >= 15 is 0 Å². The average Bonchev–Trinajstić information content (AvgIpc) is 3.14. The van der Waals surface area contributed by atoms with Crippen molar-refractivity contribution >= 4 is 5.96 Å². The molecule has 0 spiro atoms. The molecule has 0 aliphatic rings. The minimum atomic E-state index is 0.356. The SMILES string of the molecule is CCCOc1cccc(CCNC(=NCc2cc(C(C)C)no2)NCC)c1. The van der Waals surface area contributed by atoms with E-state index in [9.17, 15) is 0 Å². The summed E-state index contributed by atoms with van der Waals surface area (Å²) in [5.74, 6) is 2.84. The van der Waals surface area contributed by atoms with Gasteiger partial charge in [-0.2, -0.15) is 0 Å². The number of benzene rings is 1. The van der Waals surface area contributed by atoms with Crippen molar-refractivity contribution in [3.05, 3.63) is 47.3 Å². The number of rotatable bonds is 10. The summed E-state index contributed by atoms with van der Waals surface area (Å²) < 4.78 is 11.0. The van der Waals surface area contributed by atoms with Crippen molar-refractivity contribution in [2.45, 2.75) is 53.0 Å². The fraction of sp³-hybridized carbons (Fsp3) is 0.524. The van der Waals surface area contributed by atoms with Crippen LogP contribution in [0.15, 0.2) is 39.8 Å². The second-order valence-corrected chi connectivity index (χ2v) is 6.74. The summed E-state index contributed by atoms with van der Waals surface area (Å²) in [7, 11) is 0. The first kappa shape index (κ1) is 20.8. The van der Waals surface area contributed by atoms with Crippen molar-refractivity contribution in [2.75, 3.05) is 19.7 Å². The molecule has 1 aromatic carbocycles. The first-order valence-electron chi connectivity index (χ1n) is 9.81. The quantitative estimate of drug-likeness (QED) is 0.489. The smallest absolute Gasteiger partial charge is 0.191 e. The van der Waals surface area contributed by atoms with Gasteiger partial charge in [-0.3, -0.25) is 0 Å². The lowest BCUT2D eigenvalue weighted by Crippen LogP contribution is -2.38. The molecule has 0 unspecified atom stereocenters. The summed E-state index contributed by atoms with van der Waals surface area (Å²) in [6.07, 6.45) is 1.91. The van der Waals surface area contributed by atoms with E-state index in [2.05, 4.69) is 60.6 Å². The molecule has 2 rings (SSSR count). The molecule has 27 heavy (non-hydrogen) atoms. The van der Waals surface area contributed by atoms with Crippen molar-refractivity contribution in [2.24, 2.45) is 4.99 Å². The van der Waals surface area contributed by atoms with Gasteiger partial charge in [0, 0.05) is 19.2 Å². The molecule has 0 fully saturated rings. The van der Waals surface area contributed by atoms with Gasteiger partial charge in [-0.05, 0) is 43.4 Å². The van der Waals surface area contributed by atoms with Gasteiger partial charge in [0.05, 0.1) is 12.3 Å². The van der Waals surface area contributed by atoms with Crippen LogP contribution in [0.1, 0.15) is 57.1 Å². The molecule has 0 saturated carbocycles. The first-order valence-corrected chi connectivity index (χ1v) is 9.81. The van der Waals surface area contributed by atoms with Crippen molar-refractivity contribution in [3.8, 4) is 5.75 Å². The molecule has 0 bridgehead atoms. The number of nitrogens with zero attached hydrogens (tertiary/aromatic N) is 2. The van der Waals surface area contributed by atoms with E-state index in [-0.39, 0.29) is 0 Å². The van der Waals surface area contributed by atoms with Crippen LogP contribution >= 0.6 is 0 Å². The fourth-order valence-corrected chi connectivity index (χ4v) is 2.51. The Balaban J connectivity index is 1.86. The Labute approximate surface area is 162 Å². The minimum Gasteiger partial charge on any atom is -0.494 e. The van der Waals surface area contributed by atoms with E-state index in [1.165, 1.54) is 5.56 Å². The van der Waals surface area contributed by atoms with E-state index in [0.29, 0.717) is 12.5 Å². The number of aromatic nitrogens is 1. The molecular formula is C21H32N4O2. The van der Waals surface area contributed by atoms with Crippen molar-refractivity contribution in [3.63, 3.8) is 0 Å². The lowest BCUT2D eigenvalue weighted by atomic mass is 10.1. The molecule has 6 nitrogen and oxygen atoms in total. The maximum absolute atomic E-state index is 5.70. The second-order valence-electron chi connectivity index (χ2n) is 6.74. The van der Waals surface area contributed by atoms with Gasteiger partial charge in [0.2, 0.25) is 0 Å². The Kier molecular flexibility index (Phi) is 8.68. The Bertz CT molecular complexity index is 710. The van der Waals surface area contributed by atoms with Gasteiger partial charge in [0.1, 0.15) is 12.3 Å². The highest BCUT2D eigenvalue weighted by Gasteiger charge is 2.07. The van der Waals surface area contributed by atoms with Crippen LogP contribution in [0, 0.1) is 0 Å². The third-order valence-corrected chi connectivity index (χ3v) is 3.98. The number of guanidine groups is 1. The standard InChI is InChI=1S/C21H32N4O2/c1-5-12-26-18-9-7-8-17(13-18)10-11-23-21(22-6-2)24-15-19-14-20(16(3)4)25-27-19/h7-9,13-14,16H,5-6,10-12,15H2,1-4H3,(H2,22,23,24). The van der Waals surface area contributed by atoms with Crippen molar-refractivity contribution in [1.29, 1.82) is 0 Å². The summed E-state index contributed by atoms with van der Waals surface area (Å²) in [6.45, 7) is 11.2. The maximum Gasteiger partial charge on any atom is 0.191 e. The molecule has 0 aliphatic carbocycles. The molecule has 0 amide bonds. The van der Waals surface area contributed by atoms with E-state index in [1.807, 2.05) is 18.2 Å². The van der Waals surface area contributed by atoms with Crippen LogP contribution < -0.4 is 15.4 Å². The number of hydrogen-bond acceptors (Lipinski definition) is 4. The van der Waals surface area contributed by atoms with Gasteiger partial charge >= 0.3 is 0 Å². The number of ether oxygens (including phenoxy) is 1. The summed E-state index contributed by atoms with van der Waals surface area (Å²) in [5.41, 5.74) is 2.20. The predicted octanol–water partition coefficient (Wildman–Crippen LogP) is 3.88. The molecule has 0 radical (unpaired) electrons. The molecule has 0 aliphatic heterocycles. The zero-order chi connectivity index (χ0) is 19.5. The second kappa shape index (κ2) is 11.3. The summed E-state index contributed by atoms with van der Waals surface area (Å²) >= 11 is 0. The highest BCUT2D eigenvalue weighted by atomic mass is 16.5. The first-order chi connectivity index (χ1) is 13.1. The fourth-order valence-electron chi connectivity index (χ4n) is 2.51. The summed E-state index contributed by atoms with van der Waals surface area (Å²) in [4.78, 5) is 4.58. The van der Waals surface area contributed by atoms with Crippen LogP contribution in [0.2, 0.25) is 0 Å². The number of hydrogen-bond donors (Lipinski definition) is 2. The Hall–Kier alpha value is -2.50. The Morgan fingerprint density at radius 2 is 2.07 bits per heavy atom. The Morgan fingerprint density at radius 3 is 2.78 bits per heavy atom. The lowest BCUT2D eigenvalue weighted by molar-refractivity contribution is 0.317. The molecule has 0 atom stereocenters. The van der Waals surface area contributed by atoms with Crippen LogP contribution in [0.3, 0.4) is 0 Å². The summed E-state index contributed by atoms with van der Waals surface area (Å²) in [6, 6.07) is 10.2. The highest BCUT2D eigenvalue weighted by Crippen LogP contribution is 2.15. The van der Waals surface area contributed by atoms with E-state index in [0.717, 1.165) is 55.7 Å². The molecule has 1 heterocycles. The van der Waals surface area contributed by atoms with Crippen molar-refractivity contribution in [1.82, 2.24) is 15.8 Å². The molecule has 148 valence electrons. The van der Waals surface area contributed by atoms with Crippen LogP contribution in [0.25, 0.3) is 0 Å². The zero-order valence-electron chi connectivity index (χ0n) is 16.9. The molecule has 0 saturated heterocycles. The van der Waals surface area contributed by atoms with Crippen molar-refractivity contribution < 1.29 is 9.26 Å². The number of nitrogens with one attached hydrogen (secondary N) is 2. The van der Waals surface area contributed by atoms with Crippen LogP contribution in [0.5, 0.6) is 5.75 Å². The van der Waals surface area contributed by atoms with Gasteiger partial charge < -0.3 is 19.9 Å². The predicted molar refractivity (Wildman–Crippen MR) is 109 cm³/mol. The zero-order valence-corrected chi connectivity index (χ0v) is 16.9. The third kappa shape index (κ3) is 7.33. The van der Waals surface area contributed by atoms with Gasteiger partial charge in [-0.15, -0.1) is 0 Å². The van der Waals surface area contributed by atoms with E-state index < -0.39 is 0 Å². The summed E-state index contributed by atoms with van der Waals surface area (Å²) in [5, 5.41) is 10.7. The third-order valence-electron chi connectivity index (χ3n) is 3.98. The topological polar surface area (TPSA) is 71.7 Å². The Morgan fingerprint density at radius 1 is 1.22 bits per heavy atom. The molecule has 2 aromatic rings. The molecule has 6 heteroatoms. The van der Waals surface area contributed by atoms with E-state index in [1.54, 1.807) is 0 Å². The van der Waals surface area contributed by atoms with E-state index in [4.69, 9.17) is 9.26 Å². The lowest BCUT2D eigenvalue weighted by Gasteiger charge is -2.11. The van der Waals surface area contributed by atoms with Gasteiger partial charge in [0.25, 0.3) is 0 Å². The van der Waals surface area contributed by atoms with Gasteiger partial charge in [0.15, 0.2) is 11.7 Å². The molecule has 2 N–H and O–H groups in total. The van der Waals surface area contributed by atoms with Crippen LogP contribution in [-0.2, 0) is 13.0 Å². The van der Waals surface area contributed by atoms with Gasteiger partial charge in [-0.1, -0.05) is 38.1 Å². The minimum absolute atomic E-state index is 0.356. The normalized spacial score (nSPS) is 11.7. The highest BCUT2D eigenvalue weighted by molar-refractivity contribution is 5.79. The molecule has 1 aromatic heterocycles. The largest absolute Gasteiger partial charge is 0.494 e. The van der Waals surface area contributed by atoms with Crippen LogP contribution in [-0.4, -0.2) is 30.8 Å². The van der Waals surface area contributed by atoms with Crippen LogP contribution in [0.4, 0.5) is 0 Å².